The molecule has 2 rings (SSSR count). The van der Waals surface area contributed by atoms with Gasteiger partial charge in [0.05, 0.1) is 12.6 Å². The fourth-order valence-corrected chi connectivity index (χ4v) is 2.61. The lowest BCUT2D eigenvalue weighted by molar-refractivity contribution is 0.162. The van der Waals surface area contributed by atoms with Crippen LogP contribution >= 0.6 is 11.6 Å². The van der Waals surface area contributed by atoms with Crippen molar-refractivity contribution in [2.75, 3.05) is 13.7 Å². The Labute approximate surface area is 125 Å². The van der Waals surface area contributed by atoms with Crippen LogP contribution in [0.5, 0.6) is 0 Å². The van der Waals surface area contributed by atoms with Crippen molar-refractivity contribution in [3.8, 4) is 0 Å². The molecule has 2 nitrogen and oxygen atoms in total. The van der Waals surface area contributed by atoms with Crippen LogP contribution in [0.4, 0.5) is 0 Å². The van der Waals surface area contributed by atoms with E-state index in [2.05, 4.69) is 30.4 Å². The molecule has 0 aliphatic heterocycles. The van der Waals surface area contributed by atoms with E-state index < -0.39 is 0 Å². The third kappa shape index (κ3) is 3.83. The highest BCUT2D eigenvalue weighted by Crippen LogP contribution is 2.25. The maximum absolute atomic E-state index is 6.25. The molecule has 3 heteroatoms. The van der Waals surface area contributed by atoms with Gasteiger partial charge in [-0.25, -0.2) is 0 Å². The van der Waals surface area contributed by atoms with Crippen LogP contribution in [0.25, 0.3) is 0 Å². The average Bonchev–Trinajstić information content (AvgIpc) is 2.48. The molecular formula is C17H20ClNO. The number of hydrogen-bond donors (Lipinski definition) is 1. The monoisotopic (exact) mass is 289 g/mol. The molecular weight excluding hydrogens is 270 g/mol. The number of hydrogen-bond acceptors (Lipinski definition) is 2. The molecule has 0 amide bonds. The molecule has 2 aromatic rings. The van der Waals surface area contributed by atoms with Crippen LogP contribution in [0.15, 0.2) is 54.6 Å². The second-order valence-electron chi connectivity index (χ2n) is 4.83. The Morgan fingerprint density at radius 3 is 2.35 bits per heavy atom. The van der Waals surface area contributed by atoms with Crippen molar-refractivity contribution >= 4 is 11.6 Å². The summed E-state index contributed by atoms with van der Waals surface area (Å²) in [4.78, 5) is 0. The average molecular weight is 290 g/mol. The SMILES string of the molecule is COCC(N[C@@H](C)c1ccccc1Cl)c1ccccc1. The fraction of sp³-hybridized carbons (Fsp3) is 0.294. The van der Waals surface area contributed by atoms with Crippen molar-refractivity contribution in [3.63, 3.8) is 0 Å². The molecule has 0 radical (unpaired) electrons. The summed E-state index contributed by atoms with van der Waals surface area (Å²) in [5.41, 5.74) is 2.32. The van der Waals surface area contributed by atoms with Crippen molar-refractivity contribution < 1.29 is 4.74 Å². The van der Waals surface area contributed by atoms with E-state index in [0.717, 1.165) is 10.6 Å². The molecule has 0 aliphatic carbocycles. The van der Waals surface area contributed by atoms with Crippen molar-refractivity contribution in [2.24, 2.45) is 0 Å². The van der Waals surface area contributed by atoms with Gasteiger partial charge >= 0.3 is 0 Å². The van der Waals surface area contributed by atoms with Crippen molar-refractivity contribution in [2.45, 2.75) is 19.0 Å². The molecule has 0 saturated carbocycles. The highest BCUT2D eigenvalue weighted by molar-refractivity contribution is 6.31. The zero-order valence-corrected chi connectivity index (χ0v) is 12.6. The minimum atomic E-state index is 0.146. The minimum absolute atomic E-state index is 0.146. The molecule has 0 aliphatic rings. The standard InChI is InChI=1S/C17H20ClNO/c1-13(15-10-6-7-11-16(15)18)19-17(12-20-2)14-8-4-3-5-9-14/h3-11,13,17,19H,12H2,1-2H3/t13-,17?/m0/s1. The van der Waals surface area contributed by atoms with Gasteiger partial charge in [0.25, 0.3) is 0 Å². The zero-order chi connectivity index (χ0) is 14.4. The molecule has 1 N–H and O–H groups in total. The Hall–Kier alpha value is -1.35. The first-order chi connectivity index (χ1) is 9.72. The Morgan fingerprint density at radius 2 is 1.70 bits per heavy atom. The lowest BCUT2D eigenvalue weighted by atomic mass is 10.0. The van der Waals surface area contributed by atoms with E-state index in [0.29, 0.717) is 6.61 Å². The van der Waals surface area contributed by atoms with Gasteiger partial charge in [-0.05, 0) is 24.1 Å². The second-order valence-corrected chi connectivity index (χ2v) is 5.24. The summed E-state index contributed by atoms with van der Waals surface area (Å²) in [5.74, 6) is 0. The summed E-state index contributed by atoms with van der Waals surface area (Å²) in [7, 11) is 1.72. The number of benzene rings is 2. The minimum Gasteiger partial charge on any atom is -0.383 e. The molecule has 20 heavy (non-hydrogen) atoms. The summed E-state index contributed by atoms with van der Waals surface area (Å²) in [6, 6.07) is 18.5. The smallest absolute Gasteiger partial charge is 0.0657 e. The van der Waals surface area contributed by atoms with Gasteiger partial charge in [0, 0.05) is 18.2 Å². The molecule has 106 valence electrons. The van der Waals surface area contributed by atoms with Gasteiger partial charge in [0.2, 0.25) is 0 Å². The van der Waals surface area contributed by atoms with E-state index in [9.17, 15) is 0 Å². The first-order valence-electron chi connectivity index (χ1n) is 6.76. The summed E-state index contributed by atoms with van der Waals surface area (Å²) in [6.07, 6.45) is 0. The van der Waals surface area contributed by atoms with Crippen LogP contribution in [0, 0.1) is 0 Å². The maximum atomic E-state index is 6.25. The summed E-state index contributed by atoms with van der Waals surface area (Å²) >= 11 is 6.25. The zero-order valence-electron chi connectivity index (χ0n) is 11.8. The number of nitrogens with one attached hydrogen (secondary N) is 1. The topological polar surface area (TPSA) is 21.3 Å². The van der Waals surface area contributed by atoms with Gasteiger partial charge in [0.15, 0.2) is 0 Å². The van der Waals surface area contributed by atoms with Crippen LogP contribution in [0.1, 0.15) is 30.1 Å². The second kappa shape index (κ2) is 7.44. The van der Waals surface area contributed by atoms with Crippen LogP contribution in [-0.4, -0.2) is 13.7 Å². The number of halogens is 1. The molecule has 0 fully saturated rings. The summed E-state index contributed by atoms with van der Waals surface area (Å²) in [5, 5.41) is 4.37. The van der Waals surface area contributed by atoms with Gasteiger partial charge in [-0.2, -0.15) is 0 Å². The molecule has 0 heterocycles. The highest BCUT2D eigenvalue weighted by atomic mass is 35.5. The van der Waals surface area contributed by atoms with E-state index in [1.54, 1.807) is 7.11 Å². The molecule has 0 aromatic heterocycles. The summed E-state index contributed by atoms with van der Waals surface area (Å²) < 4.78 is 5.33. The van der Waals surface area contributed by atoms with Crippen LogP contribution in [0.3, 0.4) is 0 Å². The van der Waals surface area contributed by atoms with Gasteiger partial charge in [-0.15, -0.1) is 0 Å². The third-order valence-electron chi connectivity index (χ3n) is 3.36. The van der Waals surface area contributed by atoms with Crippen LogP contribution < -0.4 is 5.32 Å². The molecule has 2 atom stereocenters. The van der Waals surface area contributed by atoms with Crippen LogP contribution in [0.2, 0.25) is 5.02 Å². The first-order valence-corrected chi connectivity index (χ1v) is 7.14. The normalized spacial score (nSPS) is 13.9. The van der Waals surface area contributed by atoms with Crippen molar-refractivity contribution in [1.29, 1.82) is 0 Å². The Balaban J connectivity index is 2.14. The summed E-state index contributed by atoms with van der Waals surface area (Å²) in [6.45, 7) is 2.74. The van der Waals surface area contributed by atoms with E-state index >= 15 is 0 Å². The molecule has 1 unspecified atom stereocenters. The number of methoxy groups -OCH3 is 1. The first kappa shape index (κ1) is 15.0. The quantitative estimate of drug-likeness (QED) is 0.852. The van der Waals surface area contributed by atoms with E-state index in [1.807, 2.05) is 36.4 Å². The number of rotatable bonds is 6. The largest absolute Gasteiger partial charge is 0.383 e. The Morgan fingerprint density at radius 1 is 1.05 bits per heavy atom. The molecule has 0 bridgehead atoms. The predicted octanol–water partition coefficient (Wildman–Crippen LogP) is 4.38. The lowest BCUT2D eigenvalue weighted by Gasteiger charge is -2.24. The van der Waals surface area contributed by atoms with Crippen LogP contribution in [-0.2, 0) is 4.74 Å². The van der Waals surface area contributed by atoms with Gasteiger partial charge in [0.1, 0.15) is 0 Å². The maximum Gasteiger partial charge on any atom is 0.0657 e. The predicted molar refractivity (Wildman–Crippen MR) is 84.1 cm³/mol. The van der Waals surface area contributed by atoms with E-state index in [-0.39, 0.29) is 12.1 Å². The Bertz CT molecular complexity index is 530. The van der Waals surface area contributed by atoms with Gasteiger partial charge < -0.3 is 10.1 Å². The highest BCUT2D eigenvalue weighted by Gasteiger charge is 2.16. The molecule has 0 saturated heterocycles. The van der Waals surface area contributed by atoms with Crippen molar-refractivity contribution in [1.82, 2.24) is 5.32 Å². The third-order valence-corrected chi connectivity index (χ3v) is 3.70. The van der Waals surface area contributed by atoms with E-state index in [1.165, 1.54) is 5.56 Å². The van der Waals surface area contributed by atoms with E-state index in [4.69, 9.17) is 16.3 Å². The fourth-order valence-electron chi connectivity index (χ4n) is 2.31. The molecule has 2 aromatic carbocycles. The molecule has 0 spiro atoms. The Kier molecular flexibility index (Phi) is 5.60. The van der Waals surface area contributed by atoms with Crippen molar-refractivity contribution in [3.05, 3.63) is 70.7 Å². The lowest BCUT2D eigenvalue weighted by Crippen LogP contribution is -2.28. The van der Waals surface area contributed by atoms with Gasteiger partial charge in [-0.3, -0.25) is 0 Å². The number of ether oxygens (including phenoxy) is 1. The van der Waals surface area contributed by atoms with Gasteiger partial charge in [-0.1, -0.05) is 60.1 Å².